The highest BCUT2D eigenvalue weighted by molar-refractivity contribution is 8.93. The van der Waals surface area contributed by atoms with Crippen LogP contribution < -0.4 is 5.32 Å². The minimum absolute atomic E-state index is 0. The fourth-order valence-corrected chi connectivity index (χ4v) is 3.45. The molecule has 1 aromatic rings. The molecule has 5 heteroatoms. The van der Waals surface area contributed by atoms with E-state index in [-0.39, 0.29) is 22.9 Å². The molecule has 1 saturated carbocycles. The lowest BCUT2D eigenvalue weighted by molar-refractivity contribution is -0.173. The summed E-state index contributed by atoms with van der Waals surface area (Å²) in [7, 11) is 0. The number of carbonyl (C=O) groups is 1. The quantitative estimate of drug-likeness (QED) is 0.780. The van der Waals surface area contributed by atoms with Gasteiger partial charge in [-0.2, -0.15) is 0 Å². The Morgan fingerprint density at radius 2 is 1.91 bits per heavy atom. The van der Waals surface area contributed by atoms with Crippen LogP contribution in [0.2, 0.25) is 0 Å². The number of ether oxygens (including phenoxy) is 1. The highest BCUT2D eigenvalue weighted by atomic mass is 79.9. The number of aliphatic hydroxyl groups is 1. The Labute approximate surface area is 142 Å². The molecule has 0 spiro atoms. The van der Waals surface area contributed by atoms with Crippen LogP contribution in [0.3, 0.4) is 0 Å². The number of hydrogen-bond acceptors (Lipinski definition) is 4. The number of nitrogens with one attached hydrogen (secondary N) is 1. The van der Waals surface area contributed by atoms with Gasteiger partial charge in [0.2, 0.25) is 0 Å². The van der Waals surface area contributed by atoms with Crippen LogP contribution in [0, 0.1) is 23.7 Å². The molecule has 0 bridgehead atoms. The number of fused-ring (bicyclic) bond motifs is 1. The van der Waals surface area contributed by atoms with E-state index in [0.717, 1.165) is 13.1 Å². The summed E-state index contributed by atoms with van der Waals surface area (Å²) in [6.07, 6.45) is 0. The first kappa shape index (κ1) is 17.4. The highest BCUT2D eigenvalue weighted by Crippen LogP contribution is 2.48. The summed E-state index contributed by atoms with van der Waals surface area (Å²) in [4.78, 5) is 12.5. The summed E-state index contributed by atoms with van der Waals surface area (Å²) < 4.78 is 5.47. The molecule has 4 nitrogen and oxygen atoms in total. The predicted molar refractivity (Wildman–Crippen MR) is 89.8 cm³/mol. The number of carbonyl (C=O) groups excluding carboxylic acids is 1. The third kappa shape index (κ3) is 2.94. The van der Waals surface area contributed by atoms with E-state index in [1.807, 2.05) is 32.0 Å². The maximum atomic E-state index is 12.5. The van der Waals surface area contributed by atoms with Gasteiger partial charge in [0.15, 0.2) is 5.60 Å². The maximum absolute atomic E-state index is 12.5. The van der Waals surface area contributed by atoms with Crippen molar-refractivity contribution in [2.75, 3.05) is 19.7 Å². The lowest BCUT2D eigenvalue weighted by Gasteiger charge is -2.30. The van der Waals surface area contributed by atoms with Crippen LogP contribution in [0.4, 0.5) is 0 Å². The molecule has 1 aliphatic carbocycles. The molecule has 1 aliphatic heterocycles. The molecule has 3 rings (SSSR count). The molecule has 22 heavy (non-hydrogen) atoms. The van der Waals surface area contributed by atoms with Crippen molar-refractivity contribution < 1.29 is 14.6 Å². The van der Waals surface area contributed by atoms with Crippen molar-refractivity contribution in [3.63, 3.8) is 0 Å². The average Bonchev–Trinajstić information content (AvgIpc) is 2.93. The van der Waals surface area contributed by atoms with Crippen molar-refractivity contribution in [1.82, 2.24) is 5.32 Å². The number of hydrogen-bond donors (Lipinski definition) is 2. The van der Waals surface area contributed by atoms with Gasteiger partial charge in [-0.3, -0.25) is 0 Å². The highest BCUT2D eigenvalue weighted by Gasteiger charge is 2.54. The van der Waals surface area contributed by atoms with Gasteiger partial charge in [0.05, 0.1) is 6.61 Å². The van der Waals surface area contributed by atoms with Gasteiger partial charge in [0, 0.05) is 5.92 Å². The van der Waals surface area contributed by atoms with E-state index in [1.165, 1.54) is 0 Å². The smallest absolute Gasteiger partial charge is 0.343 e. The zero-order valence-corrected chi connectivity index (χ0v) is 14.7. The molecule has 2 unspecified atom stereocenters. The summed E-state index contributed by atoms with van der Waals surface area (Å²) in [6, 6.07) is 9.07. The average molecular weight is 370 g/mol. The van der Waals surface area contributed by atoms with Gasteiger partial charge >= 0.3 is 5.97 Å². The molecule has 1 aromatic carbocycles. The summed E-state index contributed by atoms with van der Waals surface area (Å²) in [5, 5.41) is 14.2. The monoisotopic (exact) mass is 369 g/mol. The summed E-state index contributed by atoms with van der Waals surface area (Å²) in [5.74, 6) is 1.01. The molecule has 122 valence electrons. The van der Waals surface area contributed by atoms with E-state index >= 15 is 0 Å². The van der Waals surface area contributed by atoms with Crippen LogP contribution in [-0.2, 0) is 15.1 Å². The number of piperidine rings is 1. The van der Waals surface area contributed by atoms with Gasteiger partial charge < -0.3 is 15.2 Å². The zero-order valence-electron chi connectivity index (χ0n) is 13.0. The van der Waals surface area contributed by atoms with E-state index in [0.29, 0.717) is 29.9 Å². The SMILES string of the molecule is Br.CC(C)C(O)(C(=O)OCC1[C@H]2CNC[C@@H]12)c1ccccc1. The summed E-state index contributed by atoms with van der Waals surface area (Å²) >= 11 is 0. The minimum Gasteiger partial charge on any atom is -0.463 e. The van der Waals surface area contributed by atoms with Crippen molar-refractivity contribution in [1.29, 1.82) is 0 Å². The molecule has 0 amide bonds. The van der Waals surface area contributed by atoms with Crippen LogP contribution in [0.1, 0.15) is 19.4 Å². The van der Waals surface area contributed by atoms with Crippen LogP contribution in [0.15, 0.2) is 30.3 Å². The van der Waals surface area contributed by atoms with Crippen LogP contribution in [-0.4, -0.2) is 30.8 Å². The van der Waals surface area contributed by atoms with E-state index in [2.05, 4.69) is 5.32 Å². The van der Waals surface area contributed by atoms with Crippen molar-refractivity contribution in [3.8, 4) is 0 Å². The molecule has 2 N–H and O–H groups in total. The van der Waals surface area contributed by atoms with Gasteiger partial charge in [-0.25, -0.2) is 4.79 Å². The second kappa shape index (κ2) is 6.69. The van der Waals surface area contributed by atoms with Crippen molar-refractivity contribution in [3.05, 3.63) is 35.9 Å². The van der Waals surface area contributed by atoms with E-state index in [1.54, 1.807) is 12.1 Å². The third-order valence-corrected chi connectivity index (χ3v) is 5.04. The molecular weight excluding hydrogens is 346 g/mol. The van der Waals surface area contributed by atoms with Gasteiger partial charge in [0.25, 0.3) is 0 Å². The second-order valence-corrected chi connectivity index (χ2v) is 6.54. The Kier molecular flexibility index (Phi) is 5.30. The maximum Gasteiger partial charge on any atom is 0.343 e. The first-order valence-corrected chi connectivity index (χ1v) is 7.71. The molecule has 0 radical (unpaired) electrons. The van der Waals surface area contributed by atoms with Gasteiger partial charge in [-0.05, 0) is 36.4 Å². The Morgan fingerprint density at radius 3 is 2.45 bits per heavy atom. The molecule has 4 atom stereocenters. The van der Waals surface area contributed by atoms with Crippen molar-refractivity contribution in [2.24, 2.45) is 23.7 Å². The van der Waals surface area contributed by atoms with E-state index in [9.17, 15) is 9.90 Å². The molecule has 1 heterocycles. The number of rotatable bonds is 5. The van der Waals surface area contributed by atoms with E-state index in [4.69, 9.17) is 4.74 Å². The normalized spacial score (nSPS) is 28.5. The second-order valence-electron chi connectivity index (χ2n) is 6.54. The third-order valence-electron chi connectivity index (χ3n) is 5.04. The van der Waals surface area contributed by atoms with Gasteiger partial charge in [-0.15, -0.1) is 17.0 Å². The fraction of sp³-hybridized carbons (Fsp3) is 0.588. The zero-order chi connectivity index (χ0) is 15.0. The number of benzene rings is 1. The van der Waals surface area contributed by atoms with Crippen LogP contribution in [0.5, 0.6) is 0 Å². The van der Waals surface area contributed by atoms with Gasteiger partial charge in [0.1, 0.15) is 0 Å². The summed E-state index contributed by atoms with van der Waals surface area (Å²) in [6.45, 7) is 6.16. The first-order valence-electron chi connectivity index (χ1n) is 7.71. The fourth-order valence-electron chi connectivity index (χ4n) is 3.45. The molecule has 0 aromatic heterocycles. The number of esters is 1. The van der Waals surface area contributed by atoms with Crippen LogP contribution in [0.25, 0.3) is 0 Å². The summed E-state index contributed by atoms with van der Waals surface area (Å²) in [5.41, 5.74) is -0.966. The van der Waals surface area contributed by atoms with Crippen molar-refractivity contribution >= 4 is 23.0 Å². The standard InChI is InChI=1S/C17H23NO3.BrH/c1-11(2)17(20,12-6-4-3-5-7-12)16(19)21-10-15-13-8-18-9-14(13)15;/h3-7,11,13-15,18,20H,8-10H2,1-2H3;1H/t13-,14+,15?,17?;. The van der Waals surface area contributed by atoms with Gasteiger partial charge in [-0.1, -0.05) is 44.2 Å². The Hall–Kier alpha value is -0.910. The molecule has 1 saturated heterocycles. The molecular formula is C17H24BrNO3. The van der Waals surface area contributed by atoms with E-state index < -0.39 is 11.6 Å². The molecule has 2 aliphatic rings. The Bertz CT molecular complexity index is 512. The number of halogens is 1. The Balaban J connectivity index is 0.00000176. The van der Waals surface area contributed by atoms with Crippen molar-refractivity contribution in [2.45, 2.75) is 19.4 Å². The molecule has 2 fully saturated rings. The predicted octanol–water partition coefficient (Wildman–Crippen LogP) is 2.12. The minimum atomic E-state index is -1.57. The van der Waals surface area contributed by atoms with Crippen LogP contribution >= 0.6 is 17.0 Å². The first-order chi connectivity index (χ1) is 10.0. The lowest BCUT2D eigenvalue weighted by Crippen LogP contribution is -2.42. The topological polar surface area (TPSA) is 58.6 Å². The Morgan fingerprint density at radius 1 is 1.32 bits per heavy atom. The largest absolute Gasteiger partial charge is 0.463 e. The lowest BCUT2D eigenvalue weighted by atomic mass is 9.83.